The molecule has 9 heteroatoms. The highest BCUT2D eigenvalue weighted by Gasteiger charge is 2.16. The molecule has 6 nitrogen and oxygen atoms in total. The normalized spacial score (nSPS) is 11.9. The van der Waals surface area contributed by atoms with Gasteiger partial charge in [-0.2, -0.15) is 0 Å². The zero-order valence-electron chi connectivity index (χ0n) is 15.7. The van der Waals surface area contributed by atoms with E-state index in [0.29, 0.717) is 22.5 Å². The average molecular weight is 460 g/mol. The van der Waals surface area contributed by atoms with Crippen molar-refractivity contribution in [2.45, 2.75) is 18.7 Å². The van der Waals surface area contributed by atoms with Crippen LogP contribution in [0.1, 0.15) is 17.0 Å². The summed E-state index contributed by atoms with van der Waals surface area (Å²) < 4.78 is 7.33. The minimum atomic E-state index is -1.08. The molecule has 0 bridgehead atoms. The van der Waals surface area contributed by atoms with Crippen LogP contribution in [0.2, 0.25) is 10.0 Å². The molecule has 0 saturated carbocycles. The maximum Gasteiger partial charge on any atom is 0.342 e. The number of hydrogen-bond acceptors (Lipinski definition) is 5. The van der Waals surface area contributed by atoms with Crippen LogP contribution in [0.3, 0.4) is 0 Å². The van der Waals surface area contributed by atoms with E-state index in [2.05, 4.69) is 10.2 Å². The lowest BCUT2D eigenvalue weighted by Crippen LogP contribution is -1.98. The van der Waals surface area contributed by atoms with Gasteiger partial charge in [0.25, 0.3) is 5.22 Å². The Bertz CT molecular complexity index is 1280. The second kappa shape index (κ2) is 8.55. The molecule has 2 heterocycles. The number of nitrogens with zero attached hydrogens (tertiary/aromatic N) is 3. The van der Waals surface area contributed by atoms with E-state index in [1.54, 1.807) is 25.1 Å². The number of carbonyl (C=O) groups is 1. The highest BCUT2D eigenvalue weighted by Crippen LogP contribution is 2.31. The van der Waals surface area contributed by atoms with E-state index in [0.717, 1.165) is 33.8 Å². The third-order valence-electron chi connectivity index (χ3n) is 4.38. The second-order valence-corrected chi connectivity index (χ2v) is 8.30. The molecule has 1 N–H and O–H groups in total. The lowest BCUT2D eigenvalue weighted by molar-refractivity contribution is -0.131. The first-order valence-electron chi connectivity index (χ1n) is 8.85. The number of rotatable bonds is 6. The fourth-order valence-electron chi connectivity index (χ4n) is 3.04. The zero-order chi connectivity index (χ0) is 21.3. The van der Waals surface area contributed by atoms with Gasteiger partial charge in [-0.25, -0.2) is 4.79 Å². The summed E-state index contributed by atoms with van der Waals surface area (Å²) in [5.74, 6) is -0.702. The van der Waals surface area contributed by atoms with Crippen molar-refractivity contribution in [2.75, 3.05) is 0 Å². The molecule has 0 aliphatic rings. The average Bonchev–Trinajstić information content (AvgIpc) is 3.27. The first kappa shape index (κ1) is 20.5. The Balaban J connectivity index is 1.75. The Hall–Kier alpha value is -2.74. The first-order valence-corrected chi connectivity index (χ1v) is 10.4. The van der Waals surface area contributed by atoms with Crippen LogP contribution in [0.5, 0.6) is 0 Å². The van der Waals surface area contributed by atoms with Gasteiger partial charge in [-0.1, -0.05) is 47.5 Å². The number of aryl methyl sites for hydroxylation is 1. The molecule has 0 aliphatic carbocycles. The van der Waals surface area contributed by atoms with E-state index in [1.165, 1.54) is 0 Å². The largest absolute Gasteiger partial charge is 0.477 e. The molecule has 0 amide bonds. The SMILES string of the molecule is Cc1nnc(S/C(=C\c2cn(Cc3ccc(Cl)cc3Cl)c3ccccc23)C(=O)O)o1. The molecule has 0 atom stereocenters. The predicted molar refractivity (Wildman–Crippen MR) is 118 cm³/mol. The van der Waals surface area contributed by atoms with E-state index in [9.17, 15) is 9.90 Å². The molecule has 2 aromatic heterocycles. The van der Waals surface area contributed by atoms with Crippen molar-refractivity contribution in [1.29, 1.82) is 0 Å². The Morgan fingerprint density at radius 1 is 1.23 bits per heavy atom. The third kappa shape index (κ3) is 4.38. The molecule has 4 aromatic rings. The molecule has 0 saturated heterocycles. The monoisotopic (exact) mass is 459 g/mol. The number of aliphatic carboxylic acids is 1. The summed E-state index contributed by atoms with van der Waals surface area (Å²) in [6.45, 7) is 2.17. The molecular formula is C21H15Cl2N3O3S. The van der Waals surface area contributed by atoms with Crippen molar-refractivity contribution < 1.29 is 14.3 Å². The molecule has 0 radical (unpaired) electrons. The van der Waals surface area contributed by atoms with Crippen molar-refractivity contribution in [1.82, 2.24) is 14.8 Å². The Kier molecular flexibility index (Phi) is 5.85. The Morgan fingerprint density at radius 2 is 2.03 bits per heavy atom. The van der Waals surface area contributed by atoms with E-state index in [1.807, 2.05) is 41.1 Å². The molecule has 0 aliphatic heterocycles. The number of thioether (sulfide) groups is 1. The van der Waals surface area contributed by atoms with Crippen LogP contribution < -0.4 is 0 Å². The highest BCUT2D eigenvalue weighted by molar-refractivity contribution is 8.03. The number of para-hydroxylation sites is 1. The van der Waals surface area contributed by atoms with Gasteiger partial charge in [0.15, 0.2) is 0 Å². The molecule has 30 heavy (non-hydrogen) atoms. The van der Waals surface area contributed by atoms with Gasteiger partial charge in [0.05, 0.1) is 0 Å². The minimum Gasteiger partial charge on any atom is -0.477 e. The van der Waals surface area contributed by atoms with Crippen molar-refractivity contribution in [3.05, 3.63) is 80.6 Å². The second-order valence-electron chi connectivity index (χ2n) is 6.47. The summed E-state index contributed by atoms with van der Waals surface area (Å²) in [5, 5.41) is 19.5. The van der Waals surface area contributed by atoms with Crippen LogP contribution in [0.25, 0.3) is 17.0 Å². The van der Waals surface area contributed by atoms with E-state index >= 15 is 0 Å². The van der Waals surface area contributed by atoms with Gasteiger partial charge in [-0.15, -0.1) is 10.2 Å². The van der Waals surface area contributed by atoms with E-state index in [-0.39, 0.29) is 10.1 Å². The molecule has 2 aromatic carbocycles. The summed E-state index contributed by atoms with van der Waals surface area (Å²) in [5.41, 5.74) is 2.63. The maximum atomic E-state index is 11.8. The number of fused-ring (bicyclic) bond motifs is 1. The van der Waals surface area contributed by atoms with Gasteiger partial charge < -0.3 is 14.1 Å². The fourth-order valence-corrected chi connectivity index (χ4v) is 4.22. The van der Waals surface area contributed by atoms with Crippen LogP contribution in [0.15, 0.2) is 63.2 Å². The molecule has 0 unspecified atom stereocenters. The Labute approximate surface area is 186 Å². The van der Waals surface area contributed by atoms with Gasteiger partial charge in [0.2, 0.25) is 5.89 Å². The number of hydrogen-bond donors (Lipinski definition) is 1. The van der Waals surface area contributed by atoms with Crippen molar-refractivity contribution in [3.63, 3.8) is 0 Å². The molecular weight excluding hydrogens is 445 g/mol. The molecule has 152 valence electrons. The summed E-state index contributed by atoms with van der Waals surface area (Å²) in [6, 6.07) is 13.1. The molecule has 4 rings (SSSR count). The van der Waals surface area contributed by atoms with Crippen LogP contribution in [-0.2, 0) is 11.3 Å². The van der Waals surface area contributed by atoms with Gasteiger partial charge >= 0.3 is 5.97 Å². The number of halogens is 2. The molecule has 0 spiro atoms. The standard InChI is InChI=1S/C21H15Cl2N3O3S/c1-12-24-25-21(29-12)30-19(20(27)28)8-14-11-26(18-5-3-2-4-16(14)18)10-13-6-7-15(22)9-17(13)23/h2-9,11H,10H2,1H3,(H,27,28)/b19-8-. The van der Waals surface area contributed by atoms with Crippen LogP contribution in [0.4, 0.5) is 0 Å². The van der Waals surface area contributed by atoms with Gasteiger partial charge in [-0.05, 0) is 41.6 Å². The lowest BCUT2D eigenvalue weighted by Gasteiger charge is -2.08. The van der Waals surface area contributed by atoms with Crippen molar-refractivity contribution in [2.24, 2.45) is 0 Å². The fraction of sp³-hybridized carbons (Fsp3) is 0.0952. The summed E-state index contributed by atoms with van der Waals surface area (Å²) in [7, 11) is 0. The van der Waals surface area contributed by atoms with Crippen LogP contribution >= 0.6 is 35.0 Å². The number of aromatic nitrogens is 3. The zero-order valence-corrected chi connectivity index (χ0v) is 18.0. The summed E-state index contributed by atoms with van der Waals surface area (Å²) in [6.07, 6.45) is 3.51. The lowest BCUT2D eigenvalue weighted by atomic mass is 10.1. The highest BCUT2D eigenvalue weighted by atomic mass is 35.5. The van der Waals surface area contributed by atoms with Crippen molar-refractivity contribution in [3.8, 4) is 0 Å². The topological polar surface area (TPSA) is 81.2 Å². The minimum absolute atomic E-state index is 0.0751. The van der Waals surface area contributed by atoms with E-state index in [4.69, 9.17) is 27.6 Å². The first-order chi connectivity index (χ1) is 14.4. The van der Waals surface area contributed by atoms with Gasteiger partial charge in [0.1, 0.15) is 4.91 Å². The number of carboxylic acids is 1. The summed E-state index contributed by atoms with van der Waals surface area (Å²) >= 11 is 13.3. The Morgan fingerprint density at radius 3 is 2.73 bits per heavy atom. The molecule has 0 fully saturated rings. The van der Waals surface area contributed by atoms with E-state index < -0.39 is 5.97 Å². The smallest absolute Gasteiger partial charge is 0.342 e. The van der Waals surface area contributed by atoms with Crippen LogP contribution in [-0.4, -0.2) is 25.8 Å². The summed E-state index contributed by atoms with van der Waals surface area (Å²) in [4.78, 5) is 11.9. The van der Waals surface area contributed by atoms with Gasteiger partial charge in [0, 0.05) is 46.2 Å². The predicted octanol–water partition coefficient (Wildman–Crippen LogP) is 5.91. The van der Waals surface area contributed by atoms with Crippen LogP contribution in [0, 0.1) is 6.92 Å². The number of benzene rings is 2. The van der Waals surface area contributed by atoms with Crippen molar-refractivity contribution >= 4 is 57.9 Å². The quantitative estimate of drug-likeness (QED) is 0.285. The third-order valence-corrected chi connectivity index (χ3v) is 5.82. The van der Waals surface area contributed by atoms with Gasteiger partial charge in [-0.3, -0.25) is 0 Å². The maximum absolute atomic E-state index is 11.8. The number of carboxylic acid groups (broad SMARTS) is 1.